The number of aliphatic hydroxyl groups excluding tert-OH is 2. The fourth-order valence-electron chi connectivity index (χ4n) is 1.63. The third-order valence-corrected chi connectivity index (χ3v) is 3.52. The minimum absolute atomic E-state index is 0.0969. The summed E-state index contributed by atoms with van der Waals surface area (Å²) in [5.41, 5.74) is 0. The predicted molar refractivity (Wildman–Crippen MR) is 60.7 cm³/mol. The lowest BCUT2D eigenvalue weighted by Crippen LogP contribution is -2.33. The molecule has 0 aromatic rings. The lowest BCUT2D eigenvalue weighted by molar-refractivity contribution is 0.0853. The molecule has 1 saturated heterocycles. The van der Waals surface area contributed by atoms with E-state index in [1.807, 2.05) is 11.8 Å². The topological polar surface area (TPSA) is 43.7 Å². The van der Waals surface area contributed by atoms with Crippen molar-refractivity contribution in [1.29, 1.82) is 0 Å². The fraction of sp³-hybridized carbons (Fsp3) is 1.00. The Morgan fingerprint density at radius 2 is 1.93 bits per heavy atom. The fourth-order valence-corrected chi connectivity index (χ4v) is 2.61. The quantitative estimate of drug-likeness (QED) is 0.641. The van der Waals surface area contributed by atoms with Gasteiger partial charge in [-0.1, -0.05) is 0 Å². The predicted octanol–water partition coefficient (Wildman–Crippen LogP) is 0.559. The molecule has 0 saturated carbocycles. The molecule has 1 fully saturated rings. The molecule has 3 nitrogen and oxygen atoms in total. The first-order chi connectivity index (χ1) is 6.83. The highest BCUT2D eigenvalue weighted by Gasteiger charge is 2.09. The van der Waals surface area contributed by atoms with E-state index in [1.54, 1.807) is 0 Å². The van der Waals surface area contributed by atoms with E-state index < -0.39 is 6.10 Å². The van der Waals surface area contributed by atoms with Crippen molar-refractivity contribution >= 4 is 11.8 Å². The molecule has 0 bridgehead atoms. The van der Waals surface area contributed by atoms with Gasteiger partial charge in [-0.25, -0.2) is 0 Å². The first-order valence-electron chi connectivity index (χ1n) is 5.42. The molecule has 1 aliphatic rings. The average Bonchev–Trinajstić information content (AvgIpc) is 2.25. The van der Waals surface area contributed by atoms with Gasteiger partial charge in [0, 0.05) is 24.6 Å². The van der Waals surface area contributed by atoms with E-state index in [0.717, 1.165) is 25.8 Å². The van der Waals surface area contributed by atoms with Gasteiger partial charge in [0.1, 0.15) is 0 Å². The van der Waals surface area contributed by atoms with Crippen LogP contribution in [-0.4, -0.2) is 59.0 Å². The molecule has 14 heavy (non-hydrogen) atoms. The van der Waals surface area contributed by atoms with Crippen LogP contribution < -0.4 is 0 Å². The van der Waals surface area contributed by atoms with Gasteiger partial charge in [0.05, 0.1) is 12.7 Å². The molecule has 0 aromatic carbocycles. The van der Waals surface area contributed by atoms with Crippen molar-refractivity contribution in [3.63, 3.8) is 0 Å². The van der Waals surface area contributed by atoms with Gasteiger partial charge in [0.15, 0.2) is 0 Å². The summed E-state index contributed by atoms with van der Waals surface area (Å²) in [6.07, 6.45) is 2.39. The maximum absolute atomic E-state index is 9.13. The summed E-state index contributed by atoms with van der Waals surface area (Å²) < 4.78 is 0. The molecular weight excluding hydrogens is 198 g/mol. The summed E-state index contributed by atoms with van der Waals surface area (Å²) >= 11 is 2.03. The first-order valence-corrected chi connectivity index (χ1v) is 6.57. The van der Waals surface area contributed by atoms with E-state index in [1.165, 1.54) is 24.6 Å². The monoisotopic (exact) mass is 219 g/mol. The van der Waals surface area contributed by atoms with E-state index in [2.05, 4.69) is 4.90 Å². The van der Waals surface area contributed by atoms with E-state index in [-0.39, 0.29) is 6.61 Å². The van der Waals surface area contributed by atoms with E-state index in [4.69, 9.17) is 10.2 Å². The van der Waals surface area contributed by atoms with Gasteiger partial charge in [-0.3, -0.25) is 0 Å². The second-order valence-electron chi connectivity index (χ2n) is 3.79. The molecule has 1 heterocycles. The number of rotatable bonds is 6. The molecule has 0 aromatic heterocycles. The minimum atomic E-state index is -0.507. The standard InChI is InChI=1S/C10H21NO2S/c12-9-10(13)3-1-2-4-11-5-7-14-8-6-11/h10,12-13H,1-9H2. The molecule has 84 valence electrons. The number of unbranched alkanes of at least 4 members (excludes halogenated alkanes) is 1. The van der Waals surface area contributed by atoms with Crippen molar-refractivity contribution in [3.05, 3.63) is 0 Å². The Labute approximate surface area is 90.5 Å². The minimum Gasteiger partial charge on any atom is -0.394 e. The van der Waals surface area contributed by atoms with Crippen molar-refractivity contribution in [2.45, 2.75) is 25.4 Å². The Morgan fingerprint density at radius 1 is 1.21 bits per heavy atom. The lowest BCUT2D eigenvalue weighted by Gasteiger charge is -2.26. The molecule has 2 N–H and O–H groups in total. The number of hydrogen-bond acceptors (Lipinski definition) is 4. The van der Waals surface area contributed by atoms with Crippen molar-refractivity contribution < 1.29 is 10.2 Å². The Kier molecular flexibility index (Phi) is 6.60. The van der Waals surface area contributed by atoms with Crippen molar-refractivity contribution in [2.75, 3.05) is 37.7 Å². The van der Waals surface area contributed by atoms with Crippen LogP contribution >= 0.6 is 11.8 Å². The zero-order valence-electron chi connectivity index (χ0n) is 8.69. The molecule has 0 radical (unpaired) electrons. The van der Waals surface area contributed by atoms with Crippen LogP contribution in [0.3, 0.4) is 0 Å². The highest BCUT2D eigenvalue weighted by molar-refractivity contribution is 7.99. The van der Waals surface area contributed by atoms with Gasteiger partial charge in [-0.15, -0.1) is 0 Å². The molecule has 0 amide bonds. The van der Waals surface area contributed by atoms with Gasteiger partial charge in [0.2, 0.25) is 0 Å². The highest BCUT2D eigenvalue weighted by Crippen LogP contribution is 2.10. The molecule has 4 heteroatoms. The van der Waals surface area contributed by atoms with Crippen LogP contribution in [0.15, 0.2) is 0 Å². The van der Waals surface area contributed by atoms with Crippen LogP contribution in [0.1, 0.15) is 19.3 Å². The summed E-state index contributed by atoms with van der Waals surface area (Å²) in [4.78, 5) is 2.49. The van der Waals surface area contributed by atoms with Crippen LogP contribution in [0, 0.1) is 0 Å². The van der Waals surface area contributed by atoms with Crippen molar-refractivity contribution in [1.82, 2.24) is 4.90 Å². The van der Waals surface area contributed by atoms with E-state index in [9.17, 15) is 0 Å². The summed E-state index contributed by atoms with van der Waals surface area (Å²) in [7, 11) is 0. The Balaban J connectivity index is 1.92. The van der Waals surface area contributed by atoms with Crippen LogP contribution in [0.25, 0.3) is 0 Å². The summed E-state index contributed by atoms with van der Waals surface area (Å²) in [5, 5.41) is 17.7. The Bertz CT molecular complexity index is 140. The molecule has 1 atom stereocenters. The summed E-state index contributed by atoms with van der Waals surface area (Å²) in [6, 6.07) is 0. The maximum atomic E-state index is 9.13. The molecule has 0 aliphatic carbocycles. The number of nitrogens with zero attached hydrogens (tertiary/aromatic N) is 1. The van der Waals surface area contributed by atoms with Crippen LogP contribution in [0.2, 0.25) is 0 Å². The van der Waals surface area contributed by atoms with Crippen molar-refractivity contribution in [2.24, 2.45) is 0 Å². The van der Waals surface area contributed by atoms with Gasteiger partial charge in [-0.2, -0.15) is 11.8 Å². The SMILES string of the molecule is OCC(O)CCCCN1CCSCC1. The number of aliphatic hydroxyl groups is 2. The second kappa shape index (κ2) is 7.51. The summed E-state index contributed by atoms with van der Waals surface area (Å²) in [6.45, 7) is 3.49. The largest absolute Gasteiger partial charge is 0.394 e. The zero-order valence-corrected chi connectivity index (χ0v) is 9.51. The average molecular weight is 219 g/mol. The van der Waals surface area contributed by atoms with Gasteiger partial charge < -0.3 is 15.1 Å². The first kappa shape index (κ1) is 12.3. The number of hydrogen-bond donors (Lipinski definition) is 2. The molecule has 1 rings (SSSR count). The van der Waals surface area contributed by atoms with E-state index in [0.29, 0.717) is 0 Å². The third-order valence-electron chi connectivity index (χ3n) is 2.58. The lowest BCUT2D eigenvalue weighted by atomic mass is 10.1. The van der Waals surface area contributed by atoms with Gasteiger partial charge >= 0.3 is 0 Å². The third kappa shape index (κ3) is 5.20. The Hall–Kier alpha value is 0.230. The molecular formula is C10H21NO2S. The van der Waals surface area contributed by atoms with Gasteiger partial charge in [-0.05, 0) is 25.8 Å². The number of thioether (sulfide) groups is 1. The zero-order chi connectivity index (χ0) is 10.2. The smallest absolute Gasteiger partial charge is 0.0770 e. The maximum Gasteiger partial charge on any atom is 0.0770 e. The highest BCUT2D eigenvalue weighted by atomic mass is 32.2. The Morgan fingerprint density at radius 3 is 2.57 bits per heavy atom. The summed E-state index contributed by atoms with van der Waals surface area (Å²) in [5.74, 6) is 2.53. The normalized spacial score (nSPS) is 21.0. The molecule has 1 unspecified atom stereocenters. The van der Waals surface area contributed by atoms with Crippen LogP contribution in [0.4, 0.5) is 0 Å². The van der Waals surface area contributed by atoms with Crippen LogP contribution in [0.5, 0.6) is 0 Å². The molecule has 1 aliphatic heterocycles. The van der Waals surface area contributed by atoms with E-state index >= 15 is 0 Å². The van der Waals surface area contributed by atoms with Crippen LogP contribution in [-0.2, 0) is 0 Å². The second-order valence-corrected chi connectivity index (χ2v) is 5.01. The van der Waals surface area contributed by atoms with Gasteiger partial charge in [0.25, 0.3) is 0 Å². The van der Waals surface area contributed by atoms with Crippen molar-refractivity contribution in [3.8, 4) is 0 Å². The molecule has 0 spiro atoms.